The minimum atomic E-state index is -0.552. The van der Waals surface area contributed by atoms with Gasteiger partial charge in [0.15, 0.2) is 5.96 Å². The lowest BCUT2D eigenvalue weighted by atomic mass is 10.0. The molecule has 0 bridgehead atoms. The lowest BCUT2D eigenvalue weighted by molar-refractivity contribution is 0.0243. The first kappa shape index (κ1) is 20.1. The van der Waals surface area contributed by atoms with Gasteiger partial charge in [-0.3, -0.25) is 4.99 Å². The summed E-state index contributed by atoms with van der Waals surface area (Å²) in [5.74, 6) is -0.443. The number of benzene rings is 1. The molecule has 1 aromatic carbocycles. The second-order valence-electron chi connectivity index (χ2n) is 5.78. The van der Waals surface area contributed by atoms with Gasteiger partial charge in [0.25, 0.3) is 0 Å². The number of guanidine groups is 1. The lowest BCUT2D eigenvalue weighted by Crippen LogP contribution is -2.45. The molecule has 0 amide bonds. The van der Waals surface area contributed by atoms with Crippen LogP contribution in [0.3, 0.4) is 0 Å². The number of ether oxygens (including phenoxy) is 1. The van der Waals surface area contributed by atoms with Crippen molar-refractivity contribution in [3.8, 4) is 0 Å². The highest BCUT2D eigenvalue weighted by Gasteiger charge is 2.29. The number of hydrogen-bond acceptors (Lipinski definition) is 2. The van der Waals surface area contributed by atoms with E-state index in [1.54, 1.807) is 7.05 Å². The number of nitrogens with zero attached hydrogens (tertiary/aromatic N) is 1. The van der Waals surface area contributed by atoms with Crippen molar-refractivity contribution in [2.45, 2.75) is 31.8 Å². The first-order valence-corrected chi connectivity index (χ1v) is 7.54. The van der Waals surface area contributed by atoms with Crippen molar-refractivity contribution in [2.75, 3.05) is 26.7 Å². The summed E-state index contributed by atoms with van der Waals surface area (Å²) in [4.78, 5) is 4.14. The van der Waals surface area contributed by atoms with Crippen molar-refractivity contribution in [3.05, 3.63) is 35.4 Å². The summed E-state index contributed by atoms with van der Waals surface area (Å²) in [6, 6.07) is 3.56. The average Bonchev–Trinajstić information content (AvgIpc) is 2.89. The molecule has 1 aliphatic heterocycles. The summed E-state index contributed by atoms with van der Waals surface area (Å²) in [5, 5.41) is 6.36. The van der Waals surface area contributed by atoms with Gasteiger partial charge in [-0.15, -0.1) is 24.0 Å². The van der Waals surface area contributed by atoms with Crippen molar-refractivity contribution in [1.82, 2.24) is 10.6 Å². The Bertz CT molecular complexity index is 514. The van der Waals surface area contributed by atoms with E-state index >= 15 is 0 Å². The molecular formula is C16H24F2IN3O. The van der Waals surface area contributed by atoms with E-state index in [1.165, 1.54) is 12.1 Å². The molecule has 130 valence electrons. The average molecular weight is 439 g/mol. The molecule has 2 N–H and O–H groups in total. The maximum Gasteiger partial charge on any atom is 0.191 e. The van der Waals surface area contributed by atoms with Gasteiger partial charge in [-0.25, -0.2) is 8.78 Å². The number of aliphatic imine (C=N–C) groups is 1. The van der Waals surface area contributed by atoms with Crippen LogP contribution in [0, 0.1) is 11.6 Å². The Morgan fingerprint density at radius 2 is 1.96 bits per heavy atom. The molecule has 0 aliphatic carbocycles. The molecule has 7 heteroatoms. The molecule has 0 spiro atoms. The monoisotopic (exact) mass is 439 g/mol. The van der Waals surface area contributed by atoms with E-state index in [-0.39, 0.29) is 29.6 Å². The van der Waals surface area contributed by atoms with Gasteiger partial charge >= 0.3 is 0 Å². The largest absolute Gasteiger partial charge is 0.373 e. The topological polar surface area (TPSA) is 45.7 Å². The predicted octanol–water partition coefficient (Wildman–Crippen LogP) is 2.86. The summed E-state index contributed by atoms with van der Waals surface area (Å²) in [6.45, 7) is 4.10. The Kier molecular flexibility index (Phi) is 8.18. The third kappa shape index (κ3) is 6.58. The van der Waals surface area contributed by atoms with E-state index in [0.717, 1.165) is 25.5 Å². The van der Waals surface area contributed by atoms with Crippen LogP contribution in [0.1, 0.15) is 25.3 Å². The third-order valence-corrected chi connectivity index (χ3v) is 3.78. The van der Waals surface area contributed by atoms with E-state index < -0.39 is 11.6 Å². The third-order valence-electron chi connectivity index (χ3n) is 3.78. The number of halogens is 3. The Labute approximate surface area is 153 Å². The predicted molar refractivity (Wildman–Crippen MR) is 98.4 cm³/mol. The van der Waals surface area contributed by atoms with Gasteiger partial charge < -0.3 is 15.4 Å². The summed E-state index contributed by atoms with van der Waals surface area (Å²) in [7, 11) is 1.69. The quantitative estimate of drug-likeness (QED) is 0.422. The second-order valence-corrected chi connectivity index (χ2v) is 5.78. The van der Waals surface area contributed by atoms with Crippen LogP contribution in [0.4, 0.5) is 8.78 Å². The van der Waals surface area contributed by atoms with Gasteiger partial charge in [0.05, 0.1) is 5.60 Å². The fraction of sp³-hybridized carbons (Fsp3) is 0.562. The number of hydrogen-bond donors (Lipinski definition) is 2. The molecule has 1 aliphatic rings. The van der Waals surface area contributed by atoms with E-state index in [1.807, 2.05) is 0 Å². The van der Waals surface area contributed by atoms with Crippen molar-refractivity contribution in [1.29, 1.82) is 0 Å². The van der Waals surface area contributed by atoms with Crippen LogP contribution in [0.15, 0.2) is 23.2 Å². The second kappa shape index (κ2) is 9.36. The van der Waals surface area contributed by atoms with Crippen molar-refractivity contribution in [3.63, 3.8) is 0 Å². The first-order valence-electron chi connectivity index (χ1n) is 7.54. The molecule has 2 rings (SSSR count). The summed E-state index contributed by atoms with van der Waals surface area (Å²) < 4.78 is 31.9. The van der Waals surface area contributed by atoms with Crippen LogP contribution in [0.2, 0.25) is 0 Å². The summed E-state index contributed by atoms with van der Waals surface area (Å²) >= 11 is 0. The van der Waals surface area contributed by atoms with Gasteiger partial charge in [0.2, 0.25) is 0 Å². The van der Waals surface area contributed by atoms with E-state index in [0.29, 0.717) is 31.0 Å². The molecule has 1 saturated heterocycles. The molecule has 0 saturated carbocycles. The van der Waals surface area contributed by atoms with Crippen LogP contribution in [0.5, 0.6) is 0 Å². The highest BCUT2D eigenvalue weighted by molar-refractivity contribution is 14.0. The normalized spacial score (nSPS) is 21.0. The molecule has 1 heterocycles. The summed E-state index contributed by atoms with van der Waals surface area (Å²) in [5.41, 5.74) is 0.468. The molecule has 0 radical (unpaired) electrons. The van der Waals surface area contributed by atoms with Crippen LogP contribution in [-0.4, -0.2) is 38.3 Å². The fourth-order valence-electron chi connectivity index (χ4n) is 2.55. The van der Waals surface area contributed by atoms with Crippen LogP contribution >= 0.6 is 24.0 Å². The van der Waals surface area contributed by atoms with Crippen molar-refractivity contribution < 1.29 is 13.5 Å². The first-order chi connectivity index (χ1) is 10.5. The fourth-order valence-corrected chi connectivity index (χ4v) is 2.55. The van der Waals surface area contributed by atoms with Gasteiger partial charge in [-0.2, -0.15) is 0 Å². The lowest BCUT2D eigenvalue weighted by Gasteiger charge is -2.24. The van der Waals surface area contributed by atoms with Crippen molar-refractivity contribution >= 4 is 29.9 Å². The van der Waals surface area contributed by atoms with E-state index in [9.17, 15) is 8.78 Å². The Hall–Kier alpha value is -0.960. The zero-order valence-corrected chi connectivity index (χ0v) is 15.8. The van der Waals surface area contributed by atoms with Crippen LogP contribution in [0.25, 0.3) is 0 Å². The molecule has 1 unspecified atom stereocenters. The van der Waals surface area contributed by atoms with Gasteiger partial charge in [-0.1, -0.05) is 0 Å². The molecule has 0 aromatic heterocycles. The van der Waals surface area contributed by atoms with Crippen LogP contribution in [-0.2, 0) is 11.2 Å². The molecule has 1 atom stereocenters. The summed E-state index contributed by atoms with van der Waals surface area (Å²) in [6.07, 6.45) is 2.62. The SMILES string of the molecule is CN=C(NCCc1cc(F)cc(F)c1)NCC1(C)CCCO1.I. The Balaban J connectivity index is 0.00000264. The minimum Gasteiger partial charge on any atom is -0.373 e. The number of rotatable bonds is 5. The maximum atomic E-state index is 13.1. The highest BCUT2D eigenvalue weighted by atomic mass is 127. The standard InChI is InChI=1S/C16H23F2N3O.HI/c1-16(5-3-7-22-16)11-21-15(19-2)20-6-4-12-8-13(17)10-14(18)9-12;/h8-10H,3-7,11H2,1-2H3,(H2,19,20,21);1H. The zero-order valence-electron chi connectivity index (χ0n) is 13.5. The number of nitrogens with one attached hydrogen (secondary N) is 2. The molecule has 1 fully saturated rings. The van der Waals surface area contributed by atoms with Crippen molar-refractivity contribution in [2.24, 2.45) is 4.99 Å². The maximum absolute atomic E-state index is 13.1. The Morgan fingerprint density at radius 1 is 1.26 bits per heavy atom. The van der Waals surface area contributed by atoms with E-state index in [2.05, 4.69) is 22.5 Å². The smallest absolute Gasteiger partial charge is 0.191 e. The molecule has 1 aromatic rings. The van der Waals surface area contributed by atoms with Gasteiger partial charge in [0, 0.05) is 32.8 Å². The van der Waals surface area contributed by atoms with Gasteiger partial charge in [0.1, 0.15) is 11.6 Å². The molecule has 4 nitrogen and oxygen atoms in total. The molecular weight excluding hydrogens is 415 g/mol. The minimum absolute atomic E-state index is 0. The van der Waals surface area contributed by atoms with Crippen LogP contribution < -0.4 is 10.6 Å². The zero-order chi connectivity index (χ0) is 16.0. The van der Waals surface area contributed by atoms with Gasteiger partial charge in [-0.05, 0) is 43.9 Å². The Morgan fingerprint density at radius 3 is 2.52 bits per heavy atom. The molecule has 23 heavy (non-hydrogen) atoms. The van der Waals surface area contributed by atoms with E-state index in [4.69, 9.17) is 4.74 Å². The highest BCUT2D eigenvalue weighted by Crippen LogP contribution is 2.23.